The molecule has 17 heavy (non-hydrogen) atoms. The summed E-state index contributed by atoms with van der Waals surface area (Å²) in [5, 5.41) is 11.1. The zero-order chi connectivity index (χ0) is 13.1. The molecule has 0 saturated heterocycles. The lowest BCUT2D eigenvalue weighted by Crippen LogP contribution is -2.43. The summed E-state index contributed by atoms with van der Waals surface area (Å²) in [6.07, 6.45) is 2.08. The Morgan fingerprint density at radius 3 is 2.41 bits per heavy atom. The Kier molecular flexibility index (Phi) is 9.37. The monoisotopic (exact) mass is 247 g/mol. The van der Waals surface area contributed by atoms with Crippen LogP contribution in [0.4, 0.5) is 0 Å². The number of carbonyl (C=O) groups is 2. The van der Waals surface area contributed by atoms with Gasteiger partial charge >= 0.3 is 5.97 Å². The predicted molar refractivity (Wildman–Crippen MR) is 61.8 cm³/mol. The van der Waals surface area contributed by atoms with Gasteiger partial charge in [-0.25, -0.2) is 4.79 Å². The van der Waals surface area contributed by atoms with Crippen LogP contribution in [0.5, 0.6) is 0 Å². The molecule has 0 heterocycles. The molecule has 0 bridgehead atoms. The van der Waals surface area contributed by atoms with Gasteiger partial charge in [0.1, 0.15) is 0 Å². The molecule has 0 aromatic carbocycles. The zero-order valence-corrected chi connectivity index (χ0v) is 10.4. The maximum atomic E-state index is 10.7. The Labute approximate surface area is 101 Å². The molecule has 0 saturated carbocycles. The number of carbonyl (C=O) groups excluding carboxylic acids is 1. The Hall–Kier alpha value is -1.14. The first-order chi connectivity index (χ1) is 8.07. The van der Waals surface area contributed by atoms with E-state index in [0.29, 0.717) is 19.8 Å². The van der Waals surface area contributed by atoms with Crippen LogP contribution in [0.1, 0.15) is 26.7 Å². The highest BCUT2D eigenvalue weighted by Gasteiger charge is 2.17. The van der Waals surface area contributed by atoms with E-state index in [2.05, 4.69) is 12.2 Å². The third-order valence-electron chi connectivity index (χ3n) is 1.97. The number of aliphatic carboxylic acids is 1. The van der Waals surface area contributed by atoms with Gasteiger partial charge in [0.05, 0.1) is 19.8 Å². The van der Waals surface area contributed by atoms with E-state index < -0.39 is 12.0 Å². The Balaban J connectivity index is 3.55. The molecule has 0 spiro atoms. The van der Waals surface area contributed by atoms with Crippen LogP contribution in [-0.4, -0.2) is 49.5 Å². The minimum atomic E-state index is -1.10. The molecule has 1 amide bonds. The number of hydrogen-bond donors (Lipinski definition) is 2. The van der Waals surface area contributed by atoms with Gasteiger partial charge in [0.25, 0.3) is 0 Å². The van der Waals surface area contributed by atoms with Crippen LogP contribution in [0, 0.1) is 0 Å². The van der Waals surface area contributed by atoms with E-state index in [9.17, 15) is 9.59 Å². The third-order valence-corrected chi connectivity index (χ3v) is 1.97. The molecule has 6 heteroatoms. The van der Waals surface area contributed by atoms with Crippen molar-refractivity contribution in [3.05, 3.63) is 0 Å². The van der Waals surface area contributed by atoms with E-state index in [1.807, 2.05) is 0 Å². The summed E-state index contributed by atoms with van der Waals surface area (Å²) in [6, 6.07) is -0.997. The maximum absolute atomic E-state index is 10.7. The van der Waals surface area contributed by atoms with Crippen molar-refractivity contribution in [2.45, 2.75) is 32.7 Å². The minimum absolute atomic E-state index is 0.0496. The van der Waals surface area contributed by atoms with Crippen molar-refractivity contribution >= 4 is 11.9 Å². The van der Waals surface area contributed by atoms with Gasteiger partial charge in [-0.05, 0) is 6.42 Å². The van der Waals surface area contributed by atoms with E-state index in [0.717, 1.165) is 12.8 Å². The van der Waals surface area contributed by atoms with Gasteiger partial charge in [-0.3, -0.25) is 4.79 Å². The van der Waals surface area contributed by atoms with Gasteiger partial charge < -0.3 is 19.9 Å². The van der Waals surface area contributed by atoms with Crippen LogP contribution in [-0.2, 0) is 19.1 Å². The maximum Gasteiger partial charge on any atom is 0.328 e. The normalized spacial score (nSPS) is 12.1. The minimum Gasteiger partial charge on any atom is -0.480 e. The molecule has 0 aliphatic carbocycles. The summed E-state index contributed by atoms with van der Waals surface area (Å²) in [5.74, 6) is -1.49. The second kappa shape index (κ2) is 10.0. The van der Waals surface area contributed by atoms with Crippen LogP contribution in [0.15, 0.2) is 0 Å². The molecule has 0 aromatic rings. The summed E-state index contributed by atoms with van der Waals surface area (Å²) in [5.41, 5.74) is 0. The molecule has 0 rings (SSSR count). The highest BCUT2D eigenvalue weighted by Crippen LogP contribution is 1.90. The molecule has 0 aliphatic heterocycles. The van der Waals surface area contributed by atoms with E-state index in [-0.39, 0.29) is 12.5 Å². The second-order valence-corrected chi connectivity index (χ2v) is 3.63. The first kappa shape index (κ1) is 15.9. The summed E-state index contributed by atoms with van der Waals surface area (Å²) >= 11 is 0. The van der Waals surface area contributed by atoms with Crippen molar-refractivity contribution in [3.63, 3.8) is 0 Å². The van der Waals surface area contributed by atoms with Crippen molar-refractivity contribution in [1.29, 1.82) is 0 Å². The fraction of sp³-hybridized carbons (Fsp3) is 0.818. The van der Waals surface area contributed by atoms with Gasteiger partial charge in [0, 0.05) is 13.5 Å². The van der Waals surface area contributed by atoms with Crippen LogP contribution in [0.25, 0.3) is 0 Å². The van der Waals surface area contributed by atoms with E-state index in [1.165, 1.54) is 6.92 Å². The molecule has 0 aliphatic rings. The van der Waals surface area contributed by atoms with Crippen molar-refractivity contribution in [1.82, 2.24) is 5.32 Å². The molecule has 1 unspecified atom stereocenters. The molecule has 1 atom stereocenters. The molecule has 0 fully saturated rings. The standard InChI is InChI=1S/C11H21NO5/c1-3-4-5-16-6-7-17-8-10(11(14)15)12-9(2)13/h10H,3-8H2,1-2H3,(H,12,13)(H,14,15). The van der Waals surface area contributed by atoms with Crippen molar-refractivity contribution in [3.8, 4) is 0 Å². The number of nitrogens with one attached hydrogen (secondary N) is 1. The Morgan fingerprint density at radius 1 is 1.24 bits per heavy atom. The zero-order valence-electron chi connectivity index (χ0n) is 10.4. The summed E-state index contributed by atoms with van der Waals surface area (Å²) in [7, 11) is 0. The molecular weight excluding hydrogens is 226 g/mol. The van der Waals surface area contributed by atoms with Crippen LogP contribution in [0.3, 0.4) is 0 Å². The summed E-state index contributed by atoms with van der Waals surface area (Å²) in [4.78, 5) is 21.4. The molecule has 0 aromatic heterocycles. The Bertz CT molecular complexity index is 232. The molecular formula is C11H21NO5. The van der Waals surface area contributed by atoms with Crippen LogP contribution < -0.4 is 5.32 Å². The topological polar surface area (TPSA) is 84.9 Å². The average Bonchev–Trinajstić information content (AvgIpc) is 2.25. The third kappa shape index (κ3) is 9.77. The van der Waals surface area contributed by atoms with E-state index in [1.54, 1.807) is 0 Å². The number of rotatable bonds is 10. The highest BCUT2D eigenvalue weighted by molar-refractivity contribution is 5.82. The molecule has 0 radical (unpaired) electrons. The van der Waals surface area contributed by atoms with Gasteiger partial charge in [-0.1, -0.05) is 13.3 Å². The quantitative estimate of drug-likeness (QED) is 0.546. The number of carboxylic acid groups (broad SMARTS) is 1. The SMILES string of the molecule is CCCCOCCOCC(NC(C)=O)C(=O)O. The van der Waals surface area contributed by atoms with Crippen LogP contribution >= 0.6 is 0 Å². The van der Waals surface area contributed by atoms with Crippen LogP contribution in [0.2, 0.25) is 0 Å². The smallest absolute Gasteiger partial charge is 0.328 e. The second-order valence-electron chi connectivity index (χ2n) is 3.63. The first-order valence-corrected chi connectivity index (χ1v) is 5.73. The lowest BCUT2D eigenvalue weighted by molar-refractivity contribution is -0.143. The number of hydrogen-bond acceptors (Lipinski definition) is 4. The van der Waals surface area contributed by atoms with Crippen molar-refractivity contribution in [2.24, 2.45) is 0 Å². The Morgan fingerprint density at radius 2 is 1.88 bits per heavy atom. The van der Waals surface area contributed by atoms with Gasteiger partial charge in [-0.2, -0.15) is 0 Å². The van der Waals surface area contributed by atoms with Gasteiger partial charge in [0.15, 0.2) is 6.04 Å². The van der Waals surface area contributed by atoms with E-state index >= 15 is 0 Å². The van der Waals surface area contributed by atoms with Crippen molar-refractivity contribution in [2.75, 3.05) is 26.4 Å². The fourth-order valence-corrected chi connectivity index (χ4v) is 1.09. The number of unbranched alkanes of at least 4 members (excludes halogenated alkanes) is 1. The lowest BCUT2D eigenvalue weighted by atomic mass is 10.3. The number of ether oxygens (including phenoxy) is 2. The number of carboxylic acids is 1. The van der Waals surface area contributed by atoms with Gasteiger partial charge in [0.2, 0.25) is 5.91 Å². The van der Waals surface area contributed by atoms with Crippen molar-refractivity contribution < 1.29 is 24.2 Å². The molecule has 2 N–H and O–H groups in total. The largest absolute Gasteiger partial charge is 0.480 e. The molecule has 100 valence electrons. The lowest BCUT2D eigenvalue weighted by Gasteiger charge is -2.13. The number of amides is 1. The fourth-order valence-electron chi connectivity index (χ4n) is 1.09. The first-order valence-electron chi connectivity index (χ1n) is 5.73. The molecule has 6 nitrogen and oxygen atoms in total. The average molecular weight is 247 g/mol. The highest BCUT2D eigenvalue weighted by atomic mass is 16.5. The van der Waals surface area contributed by atoms with E-state index in [4.69, 9.17) is 14.6 Å². The summed E-state index contributed by atoms with van der Waals surface area (Å²) < 4.78 is 10.4. The van der Waals surface area contributed by atoms with Gasteiger partial charge in [-0.15, -0.1) is 0 Å². The summed E-state index contributed by atoms with van der Waals surface area (Å²) in [6.45, 7) is 4.74. The predicted octanol–water partition coefficient (Wildman–Crippen LogP) is 0.409.